The molecule has 6 atom stereocenters. The number of carbonyl (C=O) groups is 3. The largest absolute Gasteiger partial charge is 0.351 e. The number of nitrogens with zero attached hydrogens (tertiary/aromatic N) is 3. The Morgan fingerprint density at radius 1 is 1.16 bits per heavy atom. The normalized spacial score (nSPS) is 26.0. The first-order chi connectivity index (χ1) is 17.5. The molecule has 3 amide bonds. The van der Waals surface area contributed by atoms with Gasteiger partial charge >= 0.3 is 0 Å². The van der Waals surface area contributed by atoms with Gasteiger partial charge in [0, 0.05) is 31.1 Å². The topological polar surface area (TPSA) is 120 Å². The van der Waals surface area contributed by atoms with Crippen molar-refractivity contribution in [1.82, 2.24) is 15.1 Å². The highest BCUT2D eigenvalue weighted by Gasteiger charge is 2.54. The highest BCUT2D eigenvalue weighted by molar-refractivity contribution is 5.91. The van der Waals surface area contributed by atoms with E-state index in [1.54, 1.807) is 0 Å². The van der Waals surface area contributed by atoms with Gasteiger partial charge in [0.15, 0.2) is 11.6 Å². The number of rotatable bonds is 8. The van der Waals surface area contributed by atoms with E-state index >= 15 is 0 Å². The molecule has 0 bridgehead atoms. The Bertz CT molecular complexity index is 1120. The summed E-state index contributed by atoms with van der Waals surface area (Å²) < 4.78 is 41.8. The van der Waals surface area contributed by atoms with Crippen LogP contribution in [-0.2, 0) is 20.8 Å². The van der Waals surface area contributed by atoms with Gasteiger partial charge in [0.2, 0.25) is 17.7 Å². The zero-order chi connectivity index (χ0) is 27.0. The average molecular weight is 520 g/mol. The number of nitrogens with two attached hydrogens (primary N) is 1. The fraction of sp³-hybridized carbons (Fsp3) is 0.615. The van der Waals surface area contributed by atoms with Crippen LogP contribution in [0.4, 0.5) is 13.2 Å². The minimum Gasteiger partial charge on any atom is -0.351 e. The van der Waals surface area contributed by atoms with Crippen LogP contribution >= 0.6 is 0 Å². The summed E-state index contributed by atoms with van der Waals surface area (Å²) >= 11 is 0. The third-order valence-electron chi connectivity index (χ3n) is 7.71. The van der Waals surface area contributed by atoms with Gasteiger partial charge in [0.25, 0.3) is 0 Å². The van der Waals surface area contributed by atoms with E-state index in [-0.39, 0.29) is 48.1 Å². The molecule has 1 aliphatic carbocycles. The van der Waals surface area contributed by atoms with Crippen LogP contribution in [0.1, 0.15) is 51.5 Å². The van der Waals surface area contributed by atoms with E-state index in [4.69, 9.17) is 5.73 Å². The molecule has 5 unspecified atom stereocenters. The number of piperidine rings is 1. The average Bonchev–Trinajstić information content (AvgIpc) is 3.26. The molecule has 3 fully saturated rings. The standard InChI is InChI=1S/C26H32F3N5O3/c1-13(2)24(31)26(37)33-5-3-4-21(33)25(36)32-16(6-14-8-19(28)20(29)11-18(14)27)10-23(35)34-17(12-30)7-15-9-22(15)34/h8,11,13,15-17,21-22,24H,3-7,9-10,31H2,1-2H3,(H,32,36)/t15?,16-,17?,21?,22?,24?/m1/s1. The Hall–Kier alpha value is -3.13. The lowest BCUT2D eigenvalue weighted by Crippen LogP contribution is -2.54. The van der Waals surface area contributed by atoms with Crippen LogP contribution in [0.3, 0.4) is 0 Å². The van der Waals surface area contributed by atoms with Crippen LogP contribution in [-0.4, -0.2) is 64.3 Å². The number of amides is 3. The van der Waals surface area contributed by atoms with Crippen molar-refractivity contribution in [2.45, 2.75) is 82.6 Å². The molecule has 0 radical (unpaired) electrons. The molecule has 8 nitrogen and oxygen atoms in total. The van der Waals surface area contributed by atoms with E-state index in [9.17, 15) is 32.8 Å². The summed E-state index contributed by atoms with van der Waals surface area (Å²) in [5, 5.41) is 12.2. The number of benzene rings is 1. The quantitative estimate of drug-likeness (QED) is 0.510. The zero-order valence-corrected chi connectivity index (χ0v) is 20.9. The number of carbonyl (C=O) groups excluding carboxylic acids is 3. The maximum Gasteiger partial charge on any atom is 0.243 e. The van der Waals surface area contributed by atoms with Crippen molar-refractivity contribution in [2.24, 2.45) is 17.6 Å². The van der Waals surface area contributed by atoms with Gasteiger partial charge < -0.3 is 20.9 Å². The molecule has 3 aliphatic rings. The summed E-state index contributed by atoms with van der Waals surface area (Å²) in [5.74, 6) is -4.66. The highest BCUT2D eigenvalue weighted by atomic mass is 19.2. The first-order valence-corrected chi connectivity index (χ1v) is 12.7. The van der Waals surface area contributed by atoms with Gasteiger partial charge in [-0.2, -0.15) is 5.26 Å². The lowest BCUT2D eigenvalue weighted by molar-refractivity contribution is -0.140. The Morgan fingerprint density at radius 2 is 1.86 bits per heavy atom. The molecule has 2 aliphatic heterocycles. The Balaban J connectivity index is 1.53. The molecule has 1 aromatic rings. The molecule has 0 aromatic heterocycles. The first-order valence-electron chi connectivity index (χ1n) is 12.7. The second-order valence-electron chi connectivity index (χ2n) is 10.7. The van der Waals surface area contributed by atoms with Crippen molar-refractivity contribution in [3.05, 3.63) is 35.1 Å². The van der Waals surface area contributed by atoms with Crippen LogP contribution in [0.2, 0.25) is 0 Å². The third-order valence-corrected chi connectivity index (χ3v) is 7.71. The summed E-state index contributed by atoms with van der Waals surface area (Å²) in [6.45, 7) is 3.98. The van der Waals surface area contributed by atoms with Crippen molar-refractivity contribution in [3.8, 4) is 6.07 Å². The van der Waals surface area contributed by atoms with Crippen molar-refractivity contribution in [3.63, 3.8) is 0 Å². The monoisotopic (exact) mass is 519 g/mol. The number of likely N-dealkylation sites (tertiary alicyclic amines) is 2. The fourth-order valence-corrected chi connectivity index (χ4v) is 5.48. The zero-order valence-electron chi connectivity index (χ0n) is 20.9. The summed E-state index contributed by atoms with van der Waals surface area (Å²) in [6.07, 6.45) is 1.88. The van der Waals surface area contributed by atoms with Crippen LogP contribution in [0.25, 0.3) is 0 Å². The summed E-state index contributed by atoms with van der Waals surface area (Å²) in [7, 11) is 0. The predicted octanol–water partition coefficient (Wildman–Crippen LogP) is 2.01. The molecule has 200 valence electrons. The highest BCUT2D eigenvalue weighted by Crippen LogP contribution is 2.47. The molecule has 37 heavy (non-hydrogen) atoms. The summed E-state index contributed by atoms with van der Waals surface area (Å²) in [4.78, 5) is 42.3. The molecule has 4 rings (SSSR count). The molecular formula is C26H32F3N5O3. The minimum atomic E-state index is -1.34. The van der Waals surface area contributed by atoms with E-state index < -0.39 is 47.5 Å². The van der Waals surface area contributed by atoms with E-state index in [0.29, 0.717) is 37.9 Å². The first kappa shape index (κ1) is 26.9. The van der Waals surface area contributed by atoms with E-state index in [1.165, 1.54) is 9.80 Å². The van der Waals surface area contributed by atoms with Gasteiger partial charge in [0.1, 0.15) is 17.9 Å². The van der Waals surface area contributed by atoms with Gasteiger partial charge in [-0.1, -0.05) is 13.8 Å². The van der Waals surface area contributed by atoms with Crippen molar-refractivity contribution >= 4 is 17.7 Å². The Kier molecular flexibility index (Phi) is 7.78. The molecule has 0 spiro atoms. The van der Waals surface area contributed by atoms with Crippen LogP contribution < -0.4 is 11.1 Å². The van der Waals surface area contributed by atoms with Crippen LogP contribution in [0.15, 0.2) is 12.1 Å². The number of nitriles is 1. The van der Waals surface area contributed by atoms with E-state index in [1.807, 2.05) is 13.8 Å². The second-order valence-corrected chi connectivity index (χ2v) is 10.7. The minimum absolute atomic E-state index is 0.0195. The number of fused-ring (bicyclic) bond motifs is 1. The molecule has 11 heteroatoms. The van der Waals surface area contributed by atoms with Crippen molar-refractivity contribution in [1.29, 1.82) is 5.26 Å². The lowest BCUT2D eigenvalue weighted by Gasteiger charge is -2.30. The maximum absolute atomic E-state index is 14.5. The fourth-order valence-electron chi connectivity index (χ4n) is 5.48. The van der Waals surface area contributed by atoms with Gasteiger partial charge in [-0.15, -0.1) is 0 Å². The molecule has 2 heterocycles. The molecule has 3 N–H and O–H groups in total. The molecule has 1 aromatic carbocycles. The third kappa shape index (κ3) is 5.59. The summed E-state index contributed by atoms with van der Waals surface area (Å²) in [6, 6.07) is 0.150. The van der Waals surface area contributed by atoms with E-state index in [2.05, 4.69) is 11.4 Å². The van der Waals surface area contributed by atoms with Crippen molar-refractivity contribution in [2.75, 3.05) is 6.54 Å². The number of hydrogen-bond acceptors (Lipinski definition) is 5. The van der Waals surface area contributed by atoms with Crippen molar-refractivity contribution < 1.29 is 27.6 Å². The SMILES string of the molecule is CC(C)C(N)C(=O)N1CCCC1C(=O)N[C@@H](CC(=O)N1C(C#N)CC2CC21)Cc1cc(F)c(F)cc1F. The number of halogens is 3. The van der Waals surface area contributed by atoms with Gasteiger partial charge in [0.05, 0.1) is 12.1 Å². The number of hydrogen-bond donors (Lipinski definition) is 2. The molecule has 1 saturated carbocycles. The van der Waals surface area contributed by atoms with Crippen LogP contribution in [0, 0.1) is 40.6 Å². The Labute approximate surface area is 213 Å². The molecular weight excluding hydrogens is 487 g/mol. The van der Waals surface area contributed by atoms with Gasteiger partial charge in [-0.05, 0) is 55.6 Å². The Morgan fingerprint density at radius 3 is 2.54 bits per heavy atom. The lowest BCUT2D eigenvalue weighted by atomic mass is 10.00. The van der Waals surface area contributed by atoms with E-state index in [0.717, 1.165) is 6.42 Å². The number of nitrogens with one attached hydrogen (secondary N) is 1. The summed E-state index contributed by atoms with van der Waals surface area (Å²) in [5.41, 5.74) is 5.83. The smallest absolute Gasteiger partial charge is 0.243 e. The molecule has 2 saturated heterocycles. The maximum atomic E-state index is 14.5. The predicted molar refractivity (Wildman–Crippen MR) is 127 cm³/mol. The van der Waals surface area contributed by atoms with Gasteiger partial charge in [-0.3, -0.25) is 14.4 Å². The van der Waals surface area contributed by atoms with Crippen LogP contribution in [0.5, 0.6) is 0 Å². The second kappa shape index (κ2) is 10.7. The van der Waals surface area contributed by atoms with Gasteiger partial charge in [-0.25, -0.2) is 13.2 Å².